The molecule has 0 spiro atoms. The Morgan fingerprint density at radius 1 is 0.906 bits per heavy atom. The first-order valence-corrected chi connectivity index (χ1v) is 10.6. The molecule has 0 aliphatic carbocycles. The minimum Gasteiger partial charge on any atom is -0.484 e. The van der Waals surface area contributed by atoms with Crippen LogP contribution in [0.4, 0.5) is 11.4 Å². The van der Waals surface area contributed by atoms with Crippen molar-refractivity contribution in [3.63, 3.8) is 0 Å². The van der Waals surface area contributed by atoms with Crippen molar-refractivity contribution in [1.82, 2.24) is 0 Å². The van der Waals surface area contributed by atoms with Crippen LogP contribution in [0.3, 0.4) is 0 Å². The Hall–Kier alpha value is -3.22. The third-order valence-corrected chi connectivity index (χ3v) is 5.18. The number of hydrogen-bond donors (Lipinski definition) is 2. The molecule has 2 N–H and O–H groups in total. The lowest BCUT2D eigenvalue weighted by atomic mass is 10.2. The van der Waals surface area contributed by atoms with E-state index in [1.165, 1.54) is 0 Å². The van der Waals surface area contributed by atoms with Gasteiger partial charge in [-0.25, -0.2) is 0 Å². The SMILES string of the molecule is Cc1cc(OCC(=O)Nc2ccc(NC(=O)C(C)Oc3ccccc3Cl)cc2)ccc1Cl. The molecule has 0 saturated carbocycles. The molecule has 8 heteroatoms. The van der Waals surface area contributed by atoms with E-state index in [-0.39, 0.29) is 18.4 Å². The van der Waals surface area contributed by atoms with Crippen molar-refractivity contribution < 1.29 is 19.1 Å². The van der Waals surface area contributed by atoms with Crippen LogP contribution in [0.2, 0.25) is 10.0 Å². The number of amides is 2. The molecule has 0 aliphatic heterocycles. The highest BCUT2D eigenvalue weighted by Gasteiger charge is 2.16. The van der Waals surface area contributed by atoms with Gasteiger partial charge in [0.25, 0.3) is 11.8 Å². The van der Waals surface area contributed by atoms with E-state index >= 15 is 0 Å². The molecule has 2 amide bonds. The van der Waals surface area contributed by atoms with Gasteiger partial charge in [-0.2, -0.15) is 0 Å². The first-order chi connectivity index (χ1) is 15.3. The van der Waals surface area contributed by atoms with Gasteiger partial charge < -0.3 is 20.1 Å². The molecule has 3 aromatic carbocycles. The lowest BCUT2D eigenvalue weighted by Crippen LogP contribution is -2.30. The van der Waals surface area contributed by atoms with Crippen LogP contribution in [0.15, 0.2) is 66.7 Å². The maximum Gasteiger partial charge on any atom is 0.265 e. The molecule has 1 atom stereocenters. The lowest BCUT2D eigenvalue weighted by Gasteiger charge is -2.16. The number of aryl methyl sites for hydroxylation is 1. The van der Waals surface area contributed by atoms with Crippen molar-refractivity contribution in [2.45, 2.75) is 20.0 Å². The largest absolute Gasteiger partial charge is 0.484 e. The number of ether oxygens (including phenoxy) is 2. The zero-order valence-electron chi connectivity index (χ0n) is 17.5. The number of benzene rings is 3. The Bertz CT molecular complexity index is 1100. The van der Waals surface area contributed by atoms with Crippen LogP contribution in [0.25, 0.3) is 0 Å². The Kier molecular flexibility index (Phi) is 7.98. The molecule has 3 aromatic rings. The number of rotatable bonds is 8. The van der Waals surface area contributed by atoms with Gasteiger partial charge in [-0.3, -0.25) is 9.59 Å². The van der Waals surface area contributed by atoms with E-state index in [4.69, 9.17) is 32.7 Å². The van der Waals surface area contributed by atoms with Gasteiger partial charge in [-0.15, -0.1) is 0 Å². The van der Waals surface area contributed by atoms with Crippen LogP contribution in [0, 0.1) is 6.92 Å². The normalized spacial score (nSPS) is 11.4. The van der Waals surface area contributed by atoms with E-state index in [1.54, 1.807) is 73.7 Å². The number of carbonyl (C=O) groups is 2. The van der Waals surface area contributed by atoms with E-state index in [0.29, 0.717) is 32.9 Å². The van der Waals surface area contributed by atoms with Crippen molar-refractivity contribution in [3.8, 4) is 11.5 Å². The summed E-state index contributed by atoms with van der Waals surface area (Å²) in [7, 11) is 0. The van der Waals surface area contributed by atoms with Gasteiger partial charge in [-0.05, 0) is 74.0 Å². The molecular formula is C24H22Cl2N2O4. The Labute approximate surface area is 196 Å². The lowest BCUT2D eigenvalue weighted by molar-refractivity contribution is -0.122. The molecular weight excluding hydrogens is 451 g/mol. The van der Waals surface area contributed by atoms with Crippen LogP contribution in [0.1, 0.15) is 12.5 Å². The second-order valence-corrected chi connectivity index (χ2v) is 7.82. The summed E-state index contributed by atoms with van der Waals surface area (Å²) in [6.07, 6.45) is -0.747. The number of para-hydroxylation sites is 1. The van der Waals surface area contributed by atoms with Crippen molar-refractivity contribution in [2.75, 3.05) is 17.2 Å². The van der Waals surface area contributed by atoms with Gasteiger partial charge in [0.2, 0.25) is 0 Å². The number of carbonyl (C=O) groups excluding carboxylic acids is 2. The van der Waals surface area contributed by atoms with Crippen LogP contribution in [0.5, 0.6) is 11.5 Å². The highest BCUT2D eigenvalue weighted by molar-refractivity contribution is 6.32. The fourth-order valence-electron chi connectivity index (χ4n) is 2.72. The Morgan fingerprint density at radius 2 is 1.56 bits per heavy atom. The number of nitrogens with one attached hydrogen (secondary N) is 2. The molecule has 32 heavy (non-hydrogen) atoms. The second kappa shape index (κ2) is 10.9. The molecule has 166 valence electrons. The molecule has 3 rings (SSSR count). The Balaban J connectivity index is 1.48. The molecule has 0 fully saturated rings. The molecule has 0 radical (unpaired) electrons. The van der Waals surface area contributed by atoms with E-state index < -0.39 is 6.10 Å². The van der Waals surface area contributed by atoms with Gasteiger partial charge in [0.05, 0.1) is 5.02 Å². The minimum atomic E-state index is -0.747. The van der Waals surface area contributed by atoms with E-state index in [1.807, 2.05) is 6.92 Å². The summed E-state index contributed by atoms with van der Waals surface area (Å²) in [5, 5.41) is 6.57. The minimum absolute atomic E-state index is 0.142. The molecule has 6 nitrogen and oxygen atoms in total. The highest BCUT2D eigenvalue weighted by Crippen LogP contribution is 2.25. The van der Waals surface area contributed by atoms with Crippen LogP contribution in [-0.2, 0) is 9.59 Å². The van der Waals surface area contributed by atoms with Gasteiger partial charge in [0, 0.05) is 16.4 Å². The van der Waals surface area contributed by atoms with Crippen molar-refractivity contribution in [3.05, 3.63) is 82.3 Å². The predicted molar refractivity (Wildman–Crippen MR) is 127 cm³/mol. The molecule has 0 heterocycles. The van der Waals surface area contributed by atoms with Crippen molar-refractivity contribution in [1.29, 1.82) is 0 Å². The molecule has 0 aliphatic rings. The second-order valence-electron chi connectivity index (χ2n) is 7.00. The smallest absolute Gasteiger partial charge is 0.265 e. The topological polar surface area (TPSA) is 76.7 Å². The van der Waals surface area contributed by atoms with Crippen LogP contribution in [-0.4, -0.2) is 24.5 Å². The maximum absolute atomic E-state index is 12.4. The molecule has 0 bridgehead atoms. The highest BCUT2D eigenvalue weighted by atomic mass is 35.5. The third kappa shape index (κ3) is 6.64. The van der Waals surface area contributed by atoms with Gasteiger partial charge >= 0.3 is 0 Å². The zero-order chi connectivity index (χ0) is 23.1. The van der Waals surface area contributed by atoms with E-state index in [2.05, 4.69) is 10.6 Å². The van der Waals surface area contributed by atoms with E-state index in [0.717, 1.165) is 5.56 Å². The first kappa shape index (κ1) is 23.4. The fourth-order valence-corrected chi connectivity index (χ4v) is 3.02. The number of hydrogen-bond acceptors (Lipinski definition) is 4. The number of anilines is 2. The van der Waals surface area contributed by atoms with Crippen molar-refractivity contribution >= 4 is 46.4 Å². The van der Waals surface area contributed by atoms with Crippen molar-refractivity contribution in [2.24, 2.45) is 0 Å². The predicted octanol–water partition coefficient (Wildman–Crippen LogP) is 5.73. The summed E-state index contributed by atoms with van der Waals surface area (Å²) < 4.78 is 11.1. The Morgan fingerprint density at radius 3 is 2.22 bits per heavy atom. The third-order valence-electron chi connectivity index (χ3n) is 4.45. The maximum atomic E-state index is 12.4. The quantitative estimate of drug-likeness (QED) is 0.439. The van der Waals surface area contributed by atoms with Gasteiger partial charge in [-0.1, -0.05) is 35.3 Å². The first-order valence-electron chi connectivity index (χ1n) is 9.83. The molecule has 0 saturated heterocycles. The average molecular weight is 473 g/mol. The standard InChI is InChI=1S/C24H22Cl2N2O4/c1-15-13-19(11-12-20(15)25)31-14-23(29)27-17-7-9-18(10-8-17)28-24(30)16(2)32-22-6-4-3-5-21(22)26/h3-13,16H,14H2,1-2H3,(H,27,29)(H,28,30). The summed E-state index contributed by atoms with van der Waals surface area (Å²) in [6, 6.07) is 18.9. The summed E-state index contributed by atoms with van der Waals surface area (Å²) in [6.45, 7) is 3.35. The fraction of sp³-hybridized carbons (Fsp3) is 0.167. The van der Waals surface area contributed by atoms with Gasteiger partial charge in [0.15, 0.2) is 12.7 Å². The average Bonchev–Trinajstić information content (AvgIpc) is 2.77. The summed E-state index contributed by atoms with van der Waals surface area (Å²) in [4.78, 5) is 24.5. The zero-order valence-corrected chi connectivity index (χ0v) is 19.0. The van der Waals surface area contributed by atoms with Crippen LogP contribution < -0.4 is 20.1 Å². The summed E-state index contributed by atoms with van der Waals surface area (Å²) in [5.74, 6) is 0.364. The summed E-state index contributed by atoms with van der Waals surface area (Å²) in [5.41, 5.74) is 2.01. The molecule has 1 unspecified atom stereocenters. The van der Waals surface area contributed by atoms with Gasteiger partial charge in [0.1, 0.15) is 11.5 Å². The number of halogens is 2. The molecule has 0 aromatic heterocycles. The monoisotopic (exact) mass is 472 g/mol. The summed E-state index contributed by atoms with van der Waals surface area (Å²) >= 11 is 12.0. The van der Waals surface area contributed by atoms with E-state index in [9.17, 15) is 9.59 Å². The van der Waals surface area contributed by atoms with Crippen LogP contribution >= 0.6 is 23.2 Å².